The van der Waals surface area contributed by atoms with Gasteiger partial charge in [0.1, 0.15) is 5.92 Å². The number of esters is 2. The third-order valence-electron chi connectivity index (χ3n) is 11.5. The van der Waals surface area contributed by atoms with E-state index in [4.69, 9.17) is 14.2 Å². The van der Waals surface area contributed by atoms with Crippen LogP contribution in [0.15, 0.2) is 0 Å². The van der Waals surface area contributed by atoms with Crippen LogP contribution in [0.1, 0.15) is 201 Å². The molecule has 3 unspecified atom stereocenters. The maximum absolute atomic E-state index is 13.6. The standard InChI is InChI=1S/C47H90N2O6S/c1-5-9-13-17-19-23-28-42(26-21-15-11-7-3)40-54-45(50)31-39-56-38-30-44(46(51)48-32-25-33-49-34-36-53-37-35-49)47(52)55-41-43(27-22-16-12-8-4)29-24-20-18-14-10-6-2/h42-44H,5-41H2,1-4H3,(H,48,51). The fourth-order valence-electron chi connectivity index (χ4n) is 7.63. The molecule has 0 aromatic carbocycles. The fraction of sp³-hybridized carbons (Fsp3) is 0.936. The SMILES string of the molecule is CCCCCCCCC(CCCCCC)COC(=O)CCSCCC(C(=O)NCCCN1CCOCC1)C(=O)OCC(CCCCCC)CCCCCCCC. The van der Waals surface area contributed by atoms with E-state index in [0.717, 1.165) is 71.4 Å². The Bertz CT molecular complexity index is 917. The molecule has 9 heteroatoms. The molecule has 0 saturated carbocycles. The number of thioether (sulfide) groups is 1. The minimum atomic E-state index is -0.830. The van der Waals surface area contributed by atoms with Crippen molar-refractivity contribution in [3.05, 3.63) is 0 Å². The van der Waals surface area contributed by atoms with Crippen LogP contribution in [-0.2, 0) is 28.6 Å². The predicted octanol–water partition coefficient (Wildman–Crippen LogP) is 11.7. The van der Waals surface area contributed by atoms with Crippen molar-refractivity contribution in [3.8, 4) is 0 Å². The number of rotatable bonds is 40. The van der Waals surface area contributed by atoms with Crippen LogP contribution in [0.25, 0.3) is 0 Å². The van der Waals surface area contributed by atoms with Crippen molar-refractivity contribution in [1.29, 1.82) is 0 Å². The second-order valence-electron chi connectivity index (χ2n) is 16.7. The van der Waals surface area contributed by atoms with E-state index in [1.54, 1.807) is 11.8 Å². The maximum Gasteiger partial charge on any atom is 0.318 e. The Morgan fingerprint density at radius 1 is 0.589 bits per heavy atom. The molecule has 0 spiro atoms. The van der Waals surface area contributed by atoms with Crippen LogP contribution < -0.4 is 5.32 Å². The predicted molar refractivity (Wildman–Crippen MR) is 237 cm³/mol. The van der Waals surface area contributed by atoms with Gasteiger partial charge in [0.2, 0.25) is 5.91 Å². The molecule has 0 bridgehead atoms. The lowest BCUT2D eigenvalue weighted by atomic mass is 9.95. The molecule has 330 valence electrons. The van der Waals surface area contributed by atoms with Crippen molar-refractivity contribution >= 4 is 29.6 Å². The summed E-state index contributed by atoms with van der Waals surface area (Å²) in [6, 6.07) is 0. The summed E-state index contributed by atoms with van der Waals surface area (Å²) < 4.78 is 17.2. The number of nitrogens with one attached hydrogen (secondary N) is 1. The molecule has 1 heterocycles. The van der Waals surface area contributed by atoms with E-state index in [1.807, 2.05) is 0 Å². The first-order valence-corrected chi connectivity index (χ1v) is 25.1. The van der Waals surface area contributed by atoms with Gasteiger partial charge in [-0.2, -0.15) is 11.8 Å². The highest BCUT2D eigenvalue weighted by molar-refractivity contribution is 7.99. The zero-order valence-electron chi connectivity index (χ0n) is 37.2. The summed E-state index contributed by atoms with van der Waals surface area (Å²) in [5.41, 5.74) is 0. The Hall–Kier alpha value is -1.32. The largest absolute Gasteiger partial charge is 0.465 e. The quantitative estimate of drug-likeness (QED) is 0.0371. The third kappa shape index (κ3) is 30.7. The first kappa shape index (κ1) is 52.7. The van der Waals surface area contributed by atoms with Gasteiger partial charge in [-0.1, -0.05) is 156 Å². The number of hydrogen-bond acceptors (Lipinski definition) is 8. The Balaban J connectivity index is 2.64. The van der Waals surface area contributed by atoms with Crippen LogP contribution in [0.4, 0.5) is 0 Å². The minimum absolute atomic E-state index is 0.136. The van der Waals surface area contributed by atoms with Crippen molar-refractivity contribution in [3.63, 3.8) is 0 Å². The number of carbonyl (C=O) groups excluding carboxylic acids is 3. The molecular weight excluding hydrogens is 721 g/mol. The van der Waals surface area contributed by atoms with Gasteiger partial charge < -0.3 is 19.5 Å². The number of unbranched alkanes of at least 4 members (excludes halogenated alkanes) is 16. The van der Waals surface area contributed by atoms with Crippen molar-refractivity contribution in [1.82, 2.24) is 10.2 Å². The van der Waals surface area contributed by atoms with E-state index in [1.165, 1.54) is 122 Å². The van der Waals surface area contributed by atoms with E-state index in [0.29, 0.717) is 55.9 Å². The summed E-state index contributed by atoms with van der Waals surface area (Å²) in [5, 5.41) is 3.05. The number of hydrogen-bond donors (Lipinski definition) is 1. The highest BCUT2D eigenvalue weighted by atomic mass is 32.2. The van der Waals surface area contributed by atoms with Crippen molar-refractivity contribution in [2.24, 2.45) is 17.8 Å². The first-order chi connectivity index (χ1) is 27.4. The van der Waals surface area contributed by atoms with Crippen molar-refractivity contribution in [2.45, 2.75) is 201 Å². The Morgan fingerprint density at radius 3 is 1.57 bits per heavy atom. The van der Waals surface area contributed by atoms with Gasteiger partial charge in [0, 0.05) is 25.4 Å². The number of morpholine rings is 1. The topological polar surface area (TPSA) is 94.2 Å². The Morgan fingerprint density at radius 2 is 1.05 bits per heavy atom. The molecule has 1 N–H and O–H groups in total. The maximum atomic E-state index is 13.6. The second kappa shape index (κ2) is 39.2. The highest BCUT2D eigenvalue weighted by Gasteiger charge is 2.28. The van der Waals surface area contributed by atoms with E-state index in [9.17, 15) is 14.4 Å². The summed E-state index contributed by atoms with van der Waals surface area (Å²) in [4.78, 5) is 42.2. The first-order valence-electron chi connectivity index (χ1n) is 23.9. The van der Waals surface area contributed by atoms with E-state index in [-0.39, 0.29) is 11.9 Å². The monoisotopic (exact) mass is 811 g/mol. The van der Waals surface area contributed by atoms with Gasteiger partial charge in [-0.3, -0.25) is 19.3 Å². The molecule has 1 rings (SSSR count). The third-order valence-corrected chi connectivity index (χ3v) is 12.5. The number of ether oxygens (including phenoxy) is 3. The van der Waals surface area contributed by atoms with E-state index in [2.05, 4.69) is 37.9 Å². The molecule has 1 aliphatic heterocycles. The Labute approximate surface area is 350 Å². The van der Waals surface area contributed by atoms with Gasteiger partial charge in [0.25, 0.3) is 0 Å². The lowest BCUT2D eigenvalue weighted by molar-refractivity contribution is -0.154. The molecule has 8 nitrogen and oxygen atoms in total. The fourth-order valence-corrected chi connectivity index (χ4v) is 8.55. The van der Waals surface area contributed by atoms with E-state index >= 15 is 0 Å². The van der Waals surface area contributed by atoms with Crippen LogP contribution in [-0.4, -0.2) is 86.9 Å². The molecular formula is C47H90N2O6S. The van der Waals surface area contributed by atoms with Crippen molar-refractivity contribution in [2.75, 3.05) is 64.1 Å². The molecule has 0 aromatic rings. The molecule has 0 aliphatic carbocycles. The van der Waals surface area contributed by atoms with Crippen LogP contribution in [0, 0.1) is 17.8 Å². The normalized spacial score (nSPS) is 15.0. The molecule has 1 saturated heterocycles. The van der Waals surface area contributed by atoms with Crippen LogP contribution in [0.5, 0.6) is 0 Å². The lowest BCUT2D eigenvalue weighted by Gasteiger charge is -2.26. The molecule has 1 fully saturated rings. The molecule has 1 amide bonds. The number of carbonyl (C=O) groups is 3. The molecule has 0 aromatic heterocycles. The van der Waals surface area contributed by atoms with Gasteiger partial charge in [-0.15, -0.1) is 0 Å². The van der Waals surface area contributed by atoms with Gasteiger partial charge in [0.15, 0.2) is 0 Å². The number of nitrogens with zero attached hydrogens (tertiary/aromatic N) is 1. The Kier molecular flexibility index (Phi) is 36.8. The smallest absolute Gasteiger partial charge is 0.318 e. The summed E-state index contributed by atoms with van der Waals surface area (Å²) in [7, 11) is 0. The van der Waals surface area contributed by atoms with Gasteiger partial charge in [-0.05, 0) is 62.7 Å². The van der Waals surface area contributed by atoms with Gasteiger partial charge in [0.05, 0.1) is 32.8 Å². The molecule has 1 aliphatic rings. The summed E-state index contributed by atoms with van der Waals surface area (Å²) in [6.07, 6.45) is 31.1. The molecule has 3 atom stereocenters. The lowest BCUT2D eigenvalue weighted by Crippen LogP contribution is -2.40. The molecule has 56 heavy (non-hydrogen) atoms. The minimum Gasteiger partial charge on any atom is -0.465 e. The van der Waals surface area contributed by atoms with E-state index < -0.39 is 11.9 Å². The summed E-state index contributed by atoms with van der Waals surface area (Å²) in [6.45, 7) is 14.7. The second-order valence-corrected chi connectivity index (χ2v) is 17.9. The average Bonchev–Trinajstić information content (AvgIpc) is 3.21. The van der Waals surface area contributed by atoms with Gasteiger partial charge in [-0.25, -0.2) is 0 Å². The van der Waals surface area contributed by atoms with Crippen molar-refractivity contribution < 1.29 is 28.6 Å². The zero-order chi connectivity index (χ0) is 40.7. The highest BCUT2D eigenvalue weighted by Crippen LogP contribution is 2.22. The van der Waals surface area contributed by atoms with Crippen LogP contribution in [0.2, 0.25) is 0 Å². The zero-order valence-corrected chi connectivity index (χ0v) is 38.0. The average molecular weight is 811 g/mol. The van der Waals surface area contributed by atoms with Gasteiger partial charge >= 0.3 is 11.9 Å². The number of amides is 1. The van der Waals surface area contributed by atoms with Crippen LogP contribution >= 0.6 is 11.8 Å². The summed E-state index contributed by atoms with van der Waals surface area (Å²) >= 11 is 1.62. The molecule has 0 radical (unpaired) electrons. The van der Waals surface area contributed by atoms with Crippen LogP contribution in [0.3, 0.4) is 0 Å². The summed E-state index contributed by atoms with van der Waals surface area (Å²) in [5.74, 6) is 0.446.